The first-order chi connectivity index (χ1) is 9.45. The molecule has 0 fully saturated rings. The molecule has 20 heavy (non-hydrogen) atoms. The third kappa shape index (κ3) is 3.97. The summed E-state index contributed by atoms with van der Waals surface area (Å²) in [5.41, 5.74) is 0.561. The molecule has 0 spiro atoms. The molecule has 0 aliphatic heterocycles. The molecule has 0 saturated heterocycles. The number of urea groups is 1. The lowest BCUT2D eigenvalue weighted by atomic mass is 10.3. The molecular formula is C13H8Cl2FIN2O. The number of halogens is 4. The minimum Gasteiger partial charge on any atom is -0.308 e. The fourth-order valence-electron chi connectivity index (χ4n) is 1.45. The molecule has 0 heterocycles. The summed E-state index contributed by atoms with van der Waals surface area (Å²) in [6.07, 6.45) is 0. The minimum absolute atomic E-state index is 0.1000. The zero-order valence-corrected chi connectivity index (χ0v) is 13.6. The zero-order valence-electron chi connectivity index (χ0n) is 9.88. The second-order valence-electron chi connectivity index (χ2n) is 3.83. The smallest absolute Gasteiger partial charge is 0.308 e. The predicted molar refractivity (Wildman–Crippen MR) is 88.2 cm³/mol. The van der Waals surface area contributed by atoms with Crippen molar-refractivity contribution in [2.45, 2.75) is 0 Å². The van der Waals surface area contributed by atoms with Crippen molar-refractivity contribution in [3.8, 4) is 0 Å². The molecule has 7 heteroatoms. The van der Waals surface area contributed by atoms with Gasteiger partial charge in [0.2, 0.25) is 0 Å². The van der Waals surface area contributed by atoms with Gasteiger partial charge >= 0.3 is 6.03 Å². The summed E-state index contributed by atoms with van der Waals surface area (Å²) in [6, 6.07) is 8.61. The minimum atomic E-state index is -0.566. The molecule has 2 aromatic carbocycles. The number of hydrogen-bond donors (Lipinski definition) is 2. The zero-order chi connectivity index (χ0) is 14.7. The Morgan fingerprint density at radius 2 is 1.80 bits per heavy atom. The van der Waals surface area contributed by atoms with Gasteiger partial charge in [0.25, 0.3) is 0 Å². The Morgan fingerprint density at radius 1 is 1.05 bits per heavy atom. The van der Waals surface area contributed by atoms with Gasteiger partial charge in [0, 0.05) is 9.26 Å². The van der Waals surface area contributed by atoms with E-state index in [-0.39, 0.29) is 5.69 Å². The van der Waals surface area contributed by atoms with Gasteiger partial charge in [0.05, 0.1) is 15.7 Å². The molecule has 0 atom stereocenters. The molecule has 2 N–H and O–H groups in total. The van der Waals surface area contributed by atoms with Crippen LogP contribution in [0.1, 0.15) is 0 Å². The van der Waals surface area contributed by atoms with E-state index < -0.39 is 11.8 Å². The van der Waals surface area contributed by atoms with Crippen LogP contribution >= 0.6 is 45.8 Å². The van der Waals surface area contributed by atoms with Crippen LogP contribution in [0.5, 0.6) is 0 Å². The molecular weight excluding hydrogens is 417 g/mol. The Labute approximate surface area is 138 Å². The molecule has 0 aliphatic rings. The van der Waals surface area contributed by atoms with Crippen molar-refractivity contribution in [2.75, 3.05) is 10.6 Å². The SMILES string of the molecule is O=C(Nc1ccc(Cl)c(Cl)c1)Nc1ccc(I)cc1F. The average molecular weight is 425 g/mol. The van der Waals surface area contributed by atoms with Crippen LogP contribution < -0.4 is 10.6 Å². The second-order valence-corrected chi connectivity index (χ2v) is 5.89. The van der Waals surface area contributed by atoms with E-state index in [2.05, 4.69) is 10.6 Å². The number of carbonyl (C=O) groups excluding carboxylic acids is 1. The standard InChI is InChI=1S/C13H8Cl2FIN2O/c14-9-3-2-8(6-10(9)15)18-13(20)19-12-4-1-7(17)5-11(12)16/h1-6H,(H2,18,19,20). The molecule has 2 amide bonds. The van der Waals surface area contributed by atoms with Crippen molar-refractivity contribution < 1.29 is 9.18 Å². The molecule has 2 aromatic rings. The van der Waals surface area contributed by atoms with Crippen molar-refractivity contribution in [1.29, 1.82) is 0 Å². The quantitative estimate of drug-likeness (QED) is 0.624. The van der Waals surface area contributed by atoms with Crippen LogP contribution in [0.2, 0.25) is 10.0 Å². The number of nitrogens with one attached hydrogen (secondary N) is 2. The van der Waals surface area contributed by atoms with E-state index in [0.29, 0.717) is 15.7 Å². The van der Waals surface area contributed by atoms with Crippen molar-refractivity contribution >= 4 is 63.2 Å². The topological polar surface area (TPSA) is 41.1 Å². The number of carbonyl (C=O) groups is 1. The summed E-state index contributed by atoms with van der Waals surface area (Å²) in [5, 5.41) is 5.67. The van der Waals surface area contributed by atoms with E-state index >= 15 is 0 Å². The Hall–Kier alpha value is -1.05. The average Bonchev–Trinajstić information content (AvgIpc) is 2.37. The molecule has 2 rings (SSSR count). The highest BCUT2D eigenvalue weighted by molar-refractivity contribution is 14.1. The Bertz CT molecular complexity index is 667. The van der Waals surface area contributed by atoms with Gasteiger partial charge in [-0.3, -0.25) is 0 Å². The summed E-state index contributed by atoms with van der Waals surface area (Å²) < 4.78 is 14.3. The summed E-state index contributed by atoms with van der Waals surface area (Å²) >= 11 is 13.6. The molecule has 3 nitrogen and oxygen atoms in total. The van der Waals surface area contributed by atoms with Crippen LogP contribution in [0.3, 0.4) is 0 Å². The van der Waals surface area contributed by atoms with Crippen LogP contribution in [0.4, 0.5) is 20.6 Å². The lowest BCUT2D eigenvalue weighted by Crippen LogP contribution is -2.20. The van der Waals surface area contributed by atoms with E-state index in [4.69, 9.17) is 23.2 Å². The van der Waals surface area contributed by atoms with Crippen LogP contribution in [-0.2, 0) is 0 Å². The monoisotopic (exact) mass is 424 g/mol. The van der Waals surface area contributed by atoms with Crippen LogP contribution in [-0.4, -0.2) is 6.03 Å². The largest absolute Gasteiger partial charge is 0.323 e. The van der Waals surface area contributed by atoms with E-state index in [9.17, 15) is 9.18 Å². The van der Waals surface area contributed by atoms with Gasteiger partial charge in [0.15, 0.2) is 0 Å². The van der Waals surface area contributed by atoms with E-state index in [1.807, 2.05) is 22.6 Å². The highest BCUT2D eigenvalue weighted by atomic mass is 127. The number of anilines is 2. The second kappa shape index (κ2) is 6.60. The third-order valence-electron chi connectivity index (χ3n) is 2.36. The highest BCUT2D eigenvalue weighted by Gasteiger charge is 2.08. The van der Waals surface area contributed by atoms with Gasteiger partial charge in [-0.2, -0.15) is 0 Å². The fourth-order valence-corrected chi connectivity index (χ4v) is 2.20. The van der Waals surface area contributed by atoms with Gasteiger partial charge in [0.1, 0.15) is 5.82 Å². The van der Waals surface area contributed by atoms with E-state index in [1.165, 1.54) is 18.2 Å². The number of amides is 2. The normalized spacial score (nSPS) is 10.2. The first kappa shape index (κ1) is 15.3. The van der Waals surface area contributed by atoms with Gasteiger partial charge < -0.3 is 10.6 Å². The molecule has 104 valence electrons. The third-order valence-corrected chi connectivity index (χ3v) is 3.77. The molecule has 0 radical (unpaired) electrons. The van der Waals surface area contributed by atoms with E-state index in [1.54, 1.807) is 18.2 Å². The van der Waals surface area contributed by atoms with Crippen molar-refractivity contribution in [3.05, 3.63) is 55.8 Å². The number of hydrogen-bond acceptors (Lipinski definition) is 1. The van der Waals surface area contributed by atoms with Gasteiger partial charge in [-0.15, -0.1) is 0 Å². The summed E-state index contributed by atoms with van der Waals surface area (Å²) in [7, 11) is 0. The lowest BCUT2D eigenvalue weighted by molar-refractivity contribution is 0.262. The van der Waals surface area contributed by atoms with Crippen molar-refractivity contribution in [3.63, 3.8) is 0 Å². The maximum absolute atomic E-state index is 13.6. The highest BCUT2D eigenvalue weighted by Crippen LogP contribution is 2.25. The lowest BCUT2D eigenvalue weighted by Gasteiger charge is -2.09. The molecule has 0 saturated carbocycles. The number of benzene rings is 2. The molecule has 0 aromatic heterocycles. The predicted octanol–water partition coefficient (Wildman–Crippen LogP) is 5.38. The maximum atomic E-state index is 13.6. The first-order valence-electron chi connectivity index (χ1n) is 5.44. The molecule has 0 bridgehead atoms. The van der Waals surface area contributed by atoms with Gasteiger partial charge in [-0.25, -0.2) is 9.18 Å². The molecule has 0 unspecified atom stereocenters. The summed E-state index contributed by atoms with van der Waals surface area (Å²) in [5.74, 6) is -0.499. The van der Waals surface area contributed by atoms with Gasteiger partial charge in [-0.1, -0.05) is 23.2 Å². The Balaban J connectivity index is 2.07. The van der Waals surface area contributed by atoms with Crippen molar-refractivity contribution in [2.24, 2.45) is 0 Å². The van der Waals surface area contributed by atoms with Crippen LogP contribution in [0, 0.1) is 9.39 Å². The van der Waals surface area contributed by atoms with Crippen molar-refractivity contribution in [1.82, 2.24) is 0 Å². The summed E-state index contributed by atoms with van der Waals surface area (Å²) in [6.45, 7) is 0. The number of rotatable bonds is 2. The van der Waals surface area contributed by atoms with Crippen LogP contribution in [0.25, 0.3) is 0 Å². The van der Waals surface area contributed by atoms with Gasteiger partial charge in [-0.05, 0) is 59.0 Å². The first-order valence-corrected chi connectivity index (χ1v) is 7.27. The fraction of sp³-hybridized carbons (Fsp3) is 0. The Morgan fingerprint density at radius 3 is 2.45 bits per heavy atom. The summed E-state index contributed by atoms with van der Waals surface area (Å²) in [4.78, 5) is 11.7. The van der Waals surface area contributed by atoms with Crippen LogP contribution in [0.15, 0.2) is 36.4 Å². The Kier molecular flexibility index (Phi) is 5.06. The maximum Gasteiger partial charge on any atom is 0.323 e. The molecule has 0 aliphatic carbocycles. The van der Waals surface area contributed by atoms with E-state index in [0.717, 1.165) is 3.57 Å².